The maximum atomic E-state index is 13.1. The van der Waals surface area contributed by atoms with Crippen molar-refractivity contribution in [3.05, 3.63) is 115 Å². The first kappa shape index (κ1) is 21.8. The quantitative estimate of drug-likeness (QED) is 0.333. The van der Waals surface area contributed by atoms with Crippen LogP contribution in [0.3, 0.4) is 0 Å². The zero-order valence-electron chi connectivity index (χ0n) is 18.2. The van der Waals surface area contributed by atoms with Gasteiger partial charge in [-0.15, -0.1) is 0 Å². The highest BCUT2D eigenvalue weighted by Crippen LogP contribution is 2.25. The third kappa shape index (κ3) is 5.48. The number of hydrogen-bond donors (Lipinski definition) is 1. The molecule has 0 radical (unpaired) electrons. The van der Waals surface area contributed by atoms with Crippen molar-refractivity contribution in [1.29, 1.82) is 0 Å². The lowest BCUT2D eigenvalue weighted by molar-refractivity contribution is 0.102. The van der Waals surface area contributed by atoms with Gasteiger partial charge in [0.05, 0.1) is 0 Å². The zero-order chi connectivity index (χ0) is 24.0. The Kier molecular flexibility index (Phi) is 6.12. The van der Waals surface area contributed by atoms with Gasteiger partial charge in [0.2, 0.25) is 5.88 Å². The minimum absolute atomic E-state index is 0.303. The summed E-state index contributed by atoms with van der Waals surface area (Å²) in [5.74, 6) is 1.77. The molecule has 8 nitrogen and oxygen atoms in total. The normalized spacial score (nSPS) is 10.5. The van der Waals surface area contributed by atoms with E-state index in [1.807, 2.05) is 0 Å². The maximum absolute atomic E-state index is 13.1. The number of anilines is 1. The number of hydrogen-bond acceptors (Lipinski definition) is 6. The van der Waals surface area contributed by atoms with E-state index in [1.54, 1.807) is 77.7 Å². The number of carbonyl (C=O) groups is 1. The minimum atomic E-state index is -0.349. The highest BCUT2D eigenvalue weighted by atomic mass is 19.1. The number of nitrogens with one attached hydrogen (secondary N) is 1. The number of amides is 1. The van der Waals surface area contributed by atoms with Crippen LogP contribution in [0.15, 0.2) is 104 Å². The van der Waals surface area contributed by atoms with Gasteiger partial charge in [0, 0.05) is 29.7 Å². The Morgan fingerprint density at radius 1 is 0.829 bits per heavy atom. The van der Waals surface area contributed by atoms with Crippen molar-refractivity contribution in [2.24, 2.45) is 0 Å². The van der Waals surface area contributed by atoms with E-state index in [1.165, 1.54) is 30.6 Å². The van der Waals surface area contributed by atoms with Crippen molar-refractivity contribution in [1.82, 2.24) is 19.7 Å². The van der Waals surface area contributed by atoms with Crippen LogP contribution in [0.5, 0.6) is 23.1 Å². The van der Waals surface area contributed by atoms with E-state index in [0.717, 1.165) is 0 Å². The molecule has 0 aliphatic rings. The Bertz CT molecular complexity index is 1440. The number of rotatable bonds is 7. The van der Waals surface area contributed by atoms with Crippen LogP contribution in [0.4, 0.5) is 10.1 Å². The summed E-state index contributed by atoms with van der Waals surface area (Å²) in [4.78, 5) is 21.0. The second kappa shape index (κ2) is 9.84. The molecule has 172 valence electrons. The number of aromatic nitrogens is 4. The standard InChI is InChI=1S/C26H18FN5O3/c27-19-5-9-21(10-6-19)34-23-4-1-3-18(15-23)26(33)31-20-7-11-22(12-8-20)35-25-16-24(28-17-29-25)32-14-2-13-30-32/h1-17H,(H,31,33). The zero-order valence-corrected chi connectivity index (χ0v) is 18.2. The summed E-state index contributed by atoms with van der Waals surface area (Å²) in [5, 5.41) is 6.98. The van der Waals surface area contributed by atoms with Gasteiger partial charge >= 0.3 is 0 Å². The van der Waals surface area contributed by atoms with Gasteiger partial charge in [-0.1, -0.05) is 6.07 Å². The fourth-order valence-corrected chi connectivity index (χ4v) is 3.19. The van der Waals surface area contributed by atoms with Gasteiger partial charge in [0.15, 0.2) is 5.82 Å². The van der Waals surface area contributed by atoms with Gasteiger partial charge in [-0.25, -0.2) is 19.0 Å². The highest BCUT2D eigenvalue weighted by molar-refractivity contribution is 6.04. The topological polar surface area (TPSA) is 91.2 Å². The van der Waals surface area contributed by atoms with E-state index >= 15 is 0 Å². The number of carbonyl (C=O) groups excluding carboxylic acids is 1. The third-order valence-corrected chi connectivity index (χ3v) is 4.85. The second-order valence-corrected chi connectivity index (χ2v) is 7.33. The summed E-state index contributed by atoms with van der Waals surface area (Å²) >= 11 is 0. The molecule has 2 heterocycles. The average molecular weight is 467 g/mol. The van der Waals surface area contributed by atoms with E-state index in [9.17, 15) is 9.18 Å². The Hall–Kier alpha value is -5.05. The predicted octanol–water partition coefficient (Wildman–Crippen LogP) is 5.64. The Labute approximate surface area is 199 Å². The first-order valence-electron chi connectivity index (χ1n) is 10.6. The Balaban J connectivity index is 1.22. The molecule has 1 N–H and O–H groups in total. The minimum Gasteiger partial charge on any atom is -0.457 e. The molecule has 3 aromatic carbocycles. The van der Waals surface area contributed by atoms with Crippen molar-refractivity contribution < 1.29 is 18.7 Å². The first-order chi connectivity index (χ1) is 17.1. The van der Waals surface area contributed by atoms with Crippen molar-refractivity contribution in [2.45, 2.75) is 0 Å². The molecule has 0 aliphatic heterocycles. The molecule has 9 heteroatoms. The summed E-state index contributed by atoms with van der Waals surface area (Å²) in [6.07, 6.45) is 4.83. The summed E-state index contributed by atoms with van der Waals surface area (Å²) in [6.45, 7) is 0. The van der Waals surface area contributed by atoms with Gasteiger partial charge in [-0.3, -0.25) is 4.79 Å². The number of nitrogens with zero attached hydrogens (tertiary/aromatic N) is 4. The lowest BCUT2D eigenvalue weighted by atomic mass is 10.2. The lowest BCUT2D eigenvalue weighted by Crippen LogP contribution is -2.11. The van der Waals surface area contributed by atoms with Gasteiger partial charge in [0.1, 0.15) is 29.4 Å². The fourth-order valence-electron chi connectivity index (χ4n) is 3.19. The lowest BCUT2D eigenvalue weighted by Gasteiger charge is -2.10. The molecule has 0 saturated carbocycles. The molecule has 35 heavy (non-hydrogen) atoms. The molecular formula is C26H18FN5O3. The summed E-state index contributed by atoms with van der Waals surface area (Å²) < 4.78 is 26.2. The summed E-state index contributed by atoms with van der Waals surface area (Å²) in [5.41, 5.74) is 1.00. The Morgan fingerprint density at radius 3 is 2.37 bits per heavy atom. The Morgan fingerprint density at radius 2 is 1.60 bits per heavy atom. The van der Waals surface area contributed by atoms with Crippen molar-refractivity contribution in [3.63, 3.8) is 0 Å². The predicted molar refractivity (Wildman–Crippen MR) is 127 cm³/mol. The van der Waals surface area contributed by atoms with E-state index in [0.29, 0.717) is 40.2 Å². The van der Waals surface area contributed by atoms with Crippen LogP contribution < -0.4 is 14.8 Å². The SMILES string of the molecule is O=C(Nc1ccc(Oc2cc(-n3cccn3)ncn2)cc1)c1cccc(Oc2ccc(F)cc2)c1. The fraction of sp³-hybridized carbons (Fsp3) is 0. The third-order valence-electron chi connectivity index (χ3n) is 4.85. The van der Waals surface area contributed by atoms with Gasteiger partial charge in [0.25, 0.3) is 5.91 Å². The van der Waals surface area contributed by atoms with Crippen LogP contribution >= 0.6 is 0 Å². The van der Waals surface area contributed by atoms with E-state index in [4.69, 9.17) is 9.47 Å². The molecule has 0 spiro atoms. The molecule has 0 atom stereocenters. The van der Waals surface area contributed by atoms with Crippen LogP contribution in [0, 0.1) is 5.82 Å². The molecule has 0 unspecified atom stereocenters. The summed E-state index contributed by atoms with van der Waals surface area (Å²) in [6, 6.07) is 22.7. The molecule has 5 rings (SSSR count). The van der Waals surface area contributed by atoms with E-state index in [2.05, 4.69) is 20.4 Å². The highest BCUT2D eigenvalue weighted by Gasteiger charge is 2.09. The van der Waals surface area contributed by atoms with E-state index in [-0.39, 0.29) is 11.7 Å². The monoisotopic (exact) mass is 467 g/mol. The van der Waals surface area contributed by atoms with Gasteiger partial charge in [-0.05, 0) is 72.8 Å². The van der Waals surface area contributed by atoms with Crippen LogP contribution in [-0.2, 0) is 0 Å². The smallest absolute Gasteiger partial charge is 0.255 e. The molecule has 0 fully saturated rings. The molecular weight excluding hydrogens is 449 g/mol. The van der Waals surface area contributed by atoms with Crippen molar-refractivity contribution in [3.8, 4) is 28.9 Å². The van der Waals surface area contributed by atoms with Crippen molar-refractivity contribution >= 4 is 11.6 Å². The van der Waals surface area contributed by atoms with Gasteiger partial charge in [-0.2, -0.15) is 5.10 Å². The first-order valence-corrected chi connectivity index (χ1v) is 10.6. The molecule has 0 bridgehead atoms. The molecule has 2 aromatic heterocycles. The van der Waals surface area contributed by atoms with E-state index < -0.39 is 0 Å². The number of halogens is 1. The summed E-state index contributed by atoms with van der Waals surface area (Å²) in [7, 11) is 0. The molecule has 0 aliphatic carbocycles. The van der Waals surface area contributed by atoms with Crippen LogP contribution in [0.25, 0.3) is 5.82 Å². The molecule has 0 saturated heterocycles. The van der Waals surface area contributed by atoms with Crippen LogP contribution in [0.1, 0.15) is 10.4 Å². The number of ether oxygens (including phenoxy) is 2. The maximum Gasteiger partial charge on any atom is 0.255 e. The van der Waals surface area contributed by atoms with Gasteiger partial charge < -0.3 is 14.8 Å². The van der Waals surface area contributed by atoms with Crippen molar-refractivity contribution in [2.75, 3.05) is 5.32 Å². The largest absolute Gasteiger partial charge is 0.457 e. The van der Waals surface area contributed by atoms with Crippen LogP contribution in [-0.4, -0.2) is 25.7 Å². The number of benzene rings is 3. The molecule has 5 aromatic rings. The molecule has 1 amide bonds. The van der Waals surface area contributed by atoms with Crippen LogP contribution in [0.2, 0.25) is 0 Å². The second-order valence-electron chi connectivity index (χ2n) is 7.33. The average Bonchev–Trinajstić information content (AvgIpc) is 3.42.